The van der Waals surface area contributed by atoms with Gasteiger partial charge in [0.1, 0.15) is 0 Å². The van der Waals surface area contributed by atoms with Gasteiger partial charge in [0, 0.05) is 48.3 Å². The quantitative estimate of drug-likeness (QED) is 0.381. The van der Waals surface area contributed by atoms with Gasteiger partial charge in [-0.2, -0.15) is 13.8 Å². The SMILES string of the molecule is OC1CCC(/C=N\c2nc(NCCOC(F)F)ncc2-c2ccc(CN3CCOCC3)s2)CC1. The smallest absolute Gasteiger partial charge is 0.345 e. The standard InChI is InChI=1S/C23H31F2N5O3S/c24-22(25)33-10-7-26-23-28-14-19(21(29-23)27-13-16-1-3-17(31)4-2-16)20-6-5-18(34-20)15-30-8-11-32-12-9-30/h5-6,13-14,16-17,22,31H,1-4,7-12,15H2,(H,26,28,29)/b27-13-. The lowest BCUT2D eigenvalue weighted by Gasteiger charge is -2.25. The van der Waals surface area contributed by atoms with Gasteiger partial charge in [-0.1, -0.05) is 0 Å². The highest BCUT2D eigenvalue weighted by molar-refractivity contribution is 7.15. The lowest BCUT2D eigenvalue weighted by atomic mass is 9.88. The normalized spacial score (nSPS) is 22.0. The van der Waals surface area contributed by atoms with Crippen molar-refractivity contribution in [3.05, 3.63) is 23.2 Å². The molecule has 8 nitrogen and oxygen atoms in total. The van der Waals surface area contributed by atoms with Crippen molar-refractivity contribution in [2.45, 2.75) is 44.9 Å². The summed E-state index contributed by atoms with van der Waals surface area (Å²) in [6.07, 6.45) is 6.77. The van der Waals surface area contributed by atoms with E-state index in [1.165, 1.54) is 4.88 Å². The Bertz CT molecular complexity index is 931. The number of ether oxygens (including phenoxy) is 2. The van der Waals surface area contributed by atoms with Crippen LogP contribution < -0.4 is 5.32 Å². The third-order valence-electron chi connectivity index (χ3n) is 5.96. The van der Waals surface area contributed by atoms with E-state index >= 15 is 0 Å². The van der Waals surface area contributed by atoms with Crippen LogP contribution >= 0.6 is 11.3 Å². The second kappa shape index (κ2) is 12.6. The van der Waals surface area contributed by atoms with Crippen molar-refractivity contribution in [1.29, 1.82) is 0 Å². The first-order valence-electron chi connectivity index (χ1n) is 11.7. The summed E-state index contributed by atoms with van der Waals surface area (Å²) in [5.41, 5.74) is 0.833. The fraction of sp³-hybridized carbons (Fsp3) is 0.609. The summed E-state index contributed by atoms with van der Waals surface area (Å²) < 4.78 is 34.1. The molecule has 0 aromatic carbocycles. The van der Waals surface area contributed by atoms with Crippen molar-refractivity contribution in [2.75, 3.05) is 44.8 Å². The van der Waals surface area contributed by atoms with E-state index in [0.29, 0.717) is 17.7 Å². The molecule has 4 rings (SSSR count). The Hall–Kier alpha value is -2.05. The minimum Gasteiger partial charge on any atom is -0.393 e. The molecule has 0 spiro atoms. The van der Waals surface area contributed by atoms with Crippen LogP contribution in [0.15, 0.2) is 23.3 Å². The number of halogens is 2. The monoisotopic (exact) mass is 495 g/mol. The molecule has 2 aliphatic rings. The van der Waals surface area contributed by atoms with Gasteiger partial charge in [-0.3, -0.25) is 4.90 Å². The number of nitrogens with one attached hydrogen (secondary N) is 1. The van der Waals surface area contributed by atoms with Crippen LogP contribution in [-0.2, 0) is 16.0 Å². The zero-order chi connectivity index (χ0) is 23.8. The first kappa shape index (κ1) is 25.1. The summed E-state index contributed by atoms with van der Waals surface area (Å²) in [6.45, 7) is 1.47. The van der Waals surface area contributed by atoms with E-state index in [1.807, 2.05) is 6.21 Å². The Morgan fingerprint density at radius 1 is 1.26 bits per heavy atom. The molecule has 186 valence electrons. The molecule has 2 N–H and O–H groups in total. The number of aliphatic imine (C=N–C) groups is 1. The summed E-state index contributed by atoms with van der Waals surface area (Å²) in [7, 11) is 0. The number of aromatic nitrogens is 2. The predicted octanol–water partition coefficient (Wildman–Crippen LogP) is 3.94. The highest BCUT2D eigenvalue weighted by Gasteiger charge is 2.19. The van der Waals surface area contributed by atoms with Crippen LogP contribution in [-0.4, -0.2) is 78.4 Å². The second-order valence-corrected chi connectivity index (χ2v) is 9.66. The molecule has 0 amide bonds. The Kier molecular flexibility index (Phi) is 9.28. The van der Waals surface area contributed by atoms with Gasteiger partial charge < -0.3 is 19.9 Å². The summed E-state index contributed by atoms with van der Waals surface area (Å²) in [5.74, 6) is 1.15. The predicted molar refractivity (Wildman–Crippen MR) is 128 cm³/mol. The molecule has 11 heteroatoms. The van der Waals surface area contributed by atoms with E-state index < -0.39 is 6.61 Å². The van der Waals surface area contributed by atoms with Crippen LogP contribution in [0.4, 0.5) is 20.5 Å². The highest BCUT2D eigenvalue weighted by Crippen LogP contribution is 2.35. The van der Waals surface area contributed by atoms with Gasteiger partial charge in [0.25, 0.3) is 0 Å². The molecule has 0 atom stereocenters. The third kappa shape index (κ3) is 7.47. The Labute approximate surface area is 202 Å². The minimum atomic E-state index is -2.80. The van der Waals surface area contributed by atoms with Crippen molar-refractivity contribution < 1.29 is 23.4 Å². The van der Waals surface area contributed by atoms with E-state index in [9.17, 15) is 13.9 Å². The number of nitrogens with zero attached hydrogens (tertiary/aromatic N) is 4. The molecule has 1 aliphatic heterocycles. The topological polar surface area (TPSA) is 92.1 Å². The maximum atomic E-state index is 12.2. The third-order valence-corrected chi connectivity index (χ3v) is 7.06. The lowest BCUT2D eigenvalue weighted by molar-refractivity contribution is -0.125. The maximum Gasteiger partial charge on any atom is 0.345 e. The van der Waals surface area contributed by atoms with Gasteiger partial charge in [0.05, 0.1) is 31.5 Å². The van der Waals surface area contributed by atoms with Crippen molar-refractivity contribution >= 4 is 29.3 Å². The van der Waals surface area contributed by atoms with Gasteiger partial charge in [-0.05, 0) is 43.7 Å². The highest BCUT2D eigenvalue weighted by atomic mass is 32.1. The van der Waals surface area contributed by atoms with Crippen molar-refractivity contribution in [1.82, 2.24) is 14.9 Å². The van der Waals surface area contributed by atoms with E-state index in [-0.39, 0.29) is 19.3 Å². The summed E-state index contributed by atoms with van der Waals surface area (Å²) in [5, 5.41) is 12.7. The first-order chi connectivity index (χ1) is 16.6. The van der Waals surface area contributed by atoms with Crippen LogP contribution in [0, 0.1) is 5.92 Å². The molecular weight excluding hydrogens is 464 g/mol. The number of anilines is 1. The second-order valence-electron chi connectivity index (χ2n) is 8.49. The number of alkyl halides is 2. The zero-order valence-electron chi connectivity index (χ0n) is 19.0. The largest absolute Gasteiger partial charge is 0.393 e. The average Bonchev–Trinajstić information content (AvgIpc) is 3.30. The molecule has 1 aliphatic carbocycles. The molecule has 0 radical (unpaired) electrons. The van der Waals surface area contributed by atoms with E-state index in [0.717, 1.165) is 69.0 Å². The van der Waals surface area contributed by atoms with Crippen LogP contribution in [0.25, 0.3) is 10.4 Å². The van der Waals surface area contributed by atoms with Crippen LogP contribution in [0.5, 0.6) is 0 Å². The average molecular weight is 496 g/mol. The Balaban J connectivity index is 1.49. The molecule has 0 unspecified atom stereocenters. The number of rotatable bonds is 10. The molecular formula is C23H31F2N5O3S. The fourth-order valence-corrected chi connectivity index (χ4v) is 5.11. The molecule has 3 heterocycles. The number of hydrogen-bond donors (Lipinski definition) is 2. The maximum absolute atomic E-state index is 12.2. The molecule has 2 aromatic heterocycles. The number of thiophene rings is 1. The zero-order valence-corrected chi connectivity index (χ0v) is 19.9. The van der Waals surface area contributed by atoms with E-state index in [4.69, 9.17) is 9.73 Å². The minimum absolute atomic E-state index is 0.151. The van der Waals surface area contributed by atoms with Crippen molar-refractivity contribution in [3.8, 4) is 10.4 Å². The Morgan fingerprint density at radius 2 is 2.06 bits per heavy atom. The van der Waals surface area contributed by atoms with E-state index in [2.05, 4.69) is 37.1 Å². The number of morpholine rings is 1. The first-order valence-corrected chi connectivity index (χ1v) is 12.5. The van der Waals surface area contributed by atoms with Crippen molar-refractivity contribution in [2.24, 2.45) is 10.9 Å². The molecule has 0 bridgehead atoms. The number of aliphatic hydroxyl groups is 1. The molecule has 1 saturated heterocycles. The van der Waals surface area contributed by atoms with Crippen LogP contribution in [0.3, 0.4) is 0 Å². The lowest BCUT2D eigenvalue weighted by Crippen LogP contribution is -2.35. The van der Waals surface area contributed by atoms with Gasteiger partial charge >= 0.3 is 6.61 Å². The fourth-order valence-electron chi connectivity index (χ4n) is 4.06. The molecule has 2 fully saturated rings. The van der Waals surface area contributed by atoms with Gasteiger partial charge in [0.2, 0.25) is 5.95 Å². The van der Waals surface area contributed by atoms with E-state index in [1.54, 1.807) is 17.5 Å². The Morgan fingerprint density at radius 3 is 2.82 bits per heavy atom. The van der Waals surface area contributed by atoms with Gasteiger partial charge in [-0.15, -0.1) is 11.3 Å². The number of hydrogen-bond acceptors (Lipinski definition) is 9. The van der Waals surface area contributed by atoms with Crippen LogP contribution in [0.1, 0.15) is 30.6 Å². The van der Waals surface area contributed by atoms with Crippen molar-refractivity contribution in [3.63, 3.8) is 0 Å². The molecule has 2 aromatic rings. The molecule has 34 heavy (non-hydrogen) atoms. The molecule has 1 saturated carbocycles. The van der Waals surface area contributed by atoms with Gasteiger partial charge in [0.15, 0.2) is 5.82 Å². The van der Waals surface area contributed by atoms with Gasteiger partial charge in [-0.25, -0.2) is 9.98 Å². The summed E-state index contributed by atoms with van der Waals surface area (Å²) in [6, 6.07) is 4.19. The number of aliphatic hydroxyl groups excluding tert-OH is 1. The van der Waals surface area contributed by atoms with Crippen LogP contribution in [0.2, 0.25) is 0 Å². The summed E-state index contributed by atoms with van der Waals surface area (Å²) >= 11 is 1.69. The summed E-state index contributed by atoms with van der Waals surface area (Å²) in [4.78, 5) is 18.3.